The summed E-state index contributed by atoms with van der Waals surface area (Å²) in [6, 6.07) is 20.8. The standard InChI is InChI=1S/C25H19ClN2O7/c1-32-22-8-4-5-9-23(22)35-19-13-16(12-17(14-19)28(30)31)27-25(29)24-11-10-18(34-24)15-33-21-7-3-2-6-20(21)26/h2-14H,15H2,1H3,(H,27,29). The van der Waals surface area contributed by atoms with E-state index in [1.165, 1.54) is 31.4 Å². The zero-order chi connectivity index (χ0) is 24.8. The van der Waals surface area contributed by atoms with Crippen molar-refractivity contribution >= 4 is 28.9 Å². The number of carbonyl (C=O) groups is 1. The van der Waals surface area contributed by atoms with Crippen LogP contribution in [0.25, 0.3) is 0 Å². The van der Waals surface area contributed by atoms with Crippen molar-refractivity contribution in [2.24, 2.45) is 0 Å². The maximum Gasteiger partial charge on any atom is 0.291 e. The van der Waals surface area contributed by atoms with Crippen molar-refractivity contribution in [3.63, 3.8) is 0 Å². The number of rotatable bonds is 9. The summed E-state index contributed by atoms with van der Waals surface area (Å²) in [5, 5.41) is 14.5. The van der Waals surface area contributed by atoms with Crippen LogP contribution in [0.2, 0.25) is 5.02 Å². The molecular weight excluding hydrogens is 476 g/mol. The van der Waals surface area contributed by atoms with Crippen LogP contribution in [-0.2, 0) is 6.61 Å². The number of non-ortho nitro benzene ring substituents is 1. The zero-order valence-corrected chi connectivity index (χ0v) is 19.2. The third-order valence-corrected chi connectivity index (χ3v) is 5.06. The van der Waals surface area contributed by atoms with E-state index >= 15 is 0 Å². The third-order valence-electron chi connectivity index (χ3n) is 4.75. The van der Waals surface area contributed by atoms with Crippen LogP contribution in [0.15, 0.2) is 83.3 Å². The number of nitro groups is 1. The van der Waals surface area contributed by atoms with Crippen molar-refractivity contribution in [1.29, 1.82) is 0 Å². The molecule has 0 fully saturated rings. The van der Waals surface area contributed by atoms with Gasteiger partial charge in [0.2, 0.25) is 0 Å². The van der Waals surface area contributed by atoms with Crippen LogP contribution in [0, 0.1) is 10.1 Å². The molecule has 0 spiro atoms. The SMILES string of the molecule is COc1ccccc1Oc1cc(NC(=O)c2ccc(COc3ccccc3Cl)o2)cc([N+](=O)[O-])c1. The van der Waals surface area contributed by atoms with Gasteiger partial charge in [-0.25, -0.2) is 0 Å². The van der Waals surface area contributed by atoms with E-state index in [0.717, 1.165) is 0 Å². The first-order valence-corrected chi connectivity index (χ1v) is 10.7. The molecule has 4 rings (SSSR count). The van der Waals surface area contributed by atoms with Crippen LogP contribution in [0.4, 0.5) is 11.4 Å². The molecule has 0 saturated heterocycles. The summed E-state index contributed by atoms with van der Waals surface area (Å²) in [7, 11) is 1.48. The molecule has 0 aliphatic carbocycles. The van der Waals surface area contributed by atoms with Gasteiger partial charge < -0.3 is 23.9 Å². The van der Waals surface area contributed by atoms with E-state index in [2.05, 4.69) is 5.32 Å². The normalized spacial score (nSPS) is 10.5. The molecule has 1 amide bonds. The topological polar surface area (TPSA) is 113 Å². The molecule has 1 heterocycles. The number of amides is 1. The molecule has 10 heteroatoms. The molecule has 35 heavy (non-hydrogen) atoms. The monoisotopic (exact) mass is 494 g/mol. The Kier molecular flexibility index (Phi) is 7.18. The Labute approximate surface area is 205 Å². The fourth-order valence-electron chi connectivity index (χ4n) is 3.13. The Morgan fingerprint density at radius 1 is 1.00 bits per heavy atom. The lowest BCUT2D eigenvalue weighted by Crippen LogP contribution is -2.11. The lowest BCUT2D eigenvalue weighted by atomic mass is 10.2. The van der Waals surface area contributed by atoms with Crippen molar-refractivity contribution in [2.75, 3.05) is 12.4 Å². The van der Waals surface area contributed by atoms with E-state index in [1.54, 1.807) is 54.6 Å². The van der Waals surface area contributed by atoms with Gasteiger partial charge >= 0.3 is 0 Å². The number of nitrogens with one attached hydrogen (secondary N) is 1. The fraction of sp³-hybridized carbons (Fsp3) is 0.0800. The number of hydrogen-bond acceptors (Lipinski definition) is 7. The van der Waals surface area contributed by atoms with Crippen molar-refractivity contribution in [2.45, 2.75) is 6.61 Å². The maximum absolute atomic E-state index is 12.7. The van der Waals surface area contributed by atoms with Gasteiger partial charge in [0.15, 0.2) is 17.3 Å². The first kappa shape index (κ1) is 23.7. The van der Waals surface area contributed by atoms with Crippen molar-refractivity contribution < 1.29 is 28.3 Å². The largest absolute Gasteiger partial charge is 0.493 e. The quantitative estimate of drug-likeness (QED) is 0.209. The van der Waals surface area contributed by atoms with Gasteiger partial charge in [-0.3, -0.25) is 14.9 Å². The minimum absolute atomic E-state index is 0.00135. The van der Waals surface area contributed by atoms with E-state index in [0.29, 0.717) is 28.0 Å². The Bertz CT molecular complexity index is 1370. The van der Waals surface area contributed by atoms with Gasteiger partial charge in [-0.1, -0.05) is 35.9 Å². The molecule has 3 aromatic carbocycles. The highest BCUT2D eigenvalue weighted by Gasteiger charge is 2.17. The highest BCUT2D eigenvalue weighted by molar-refractivity contribution is 6.32. The van der Waals surface area contributed by atoms with Crippen LogP contribution < -0.4 is 19.5 Å². The fourth-order valence-corrected chi connectivity index (χ4v) is 3.32. The number of carbonyl (C=O) groups excluding carboxylic acids is 1. The molecule has 0 bridgehead atoms. The summed E-state index contributed by atoms with van der Waals surface area (Å²) in [5.74, 6) is 1.24. The second-order valence-electron chi connectivity index (χ2n) is 7.16. The number of benzene rings is 3. The number of halogens is 1. The second kappa shape index (κ2) is 10.6. The van der Waals surface area contributed by atoms with E-state index in [-0.39, 0.29) is 29.5 Å². The molecule has 178 valence electrons. The highest BCUT2D eigenvalue weighted by Crippen LogP contribution is 2.34. The number of nitro benzene ring substituents is 1. The molecule has 0 atom stereocenters. The van der Waals surface area contributed by atoms with Crippen LogP contribution >= 0.6 is 11.6 Å². The second-order valence-corrected chi connectivity index (χ2v) is 7.57. The van der Waals surface area contributed by atoms with Crippen LogP contribution in [0.5, 0.6) is 23.0 Å². The molecular formula is C25H19ClN2O7. The predicted octanol–water partition coefficient (Wildman–Crippen LogP) is 6.47. The Morgan fingerprint density at radius 2 is 1.71 bits per heavy atom. The molecule has 0 saturated carbocycles. The van der Waals surface area contributed by atoms with E-state index in [9.17, 15) is 14.9 Å². The first-order valence-electron chi connectivity index (χ1n) is 10.3. The number of hydrogen-bond donors (Lipinski definition) is 1. The number of para-hydroxylation sites is 3. The summed E-state index contributed by atoms with van der Waals surface area (Å²) in [6.07, 6.45) is 0. The van der Waals surface area contributed by atoms with E-state index in [1.807, 2.05) is 0 Å². The van der Waals surface area contributed by atoms with Gasteiger partial charge in [-0.15, -0.1) is 0 Å². The molecule has 0 radical (unpaired) electrons. The first-order chi connectivity index (χ1) is 16.9. The van der Waals surface area contributed by atoms with Crippen LogP contribution in [0.1, 0.15) is 16.3 Å². The molecule has 1 aromatic heterocycles. The van der Waals surface area contributed by atoms with Crippen molar-refractivity contribution in [3.8, 4) is 23.0 Å². The third kappa shape index (κ3) is 5.90. The van der Waals surface area contributed by atoms with Gasteiger partial charge in [-0.05, 0) is 36.4 Å². The van der Waals surface area contributed by atoms with Crippen molar-refractivity contribution in [3.05, 3.63) is 106 Å². The lowest BCUT2D eigenvalue weighted by molar-refractivity contribution is -0.384. The smallest absolute Gasteiger partial charge is 0.291 e. The molecule has 9 nitrogen and oxygen atoms in total. The molecule has 4 aromatic rings. The molecule has 1 N–H and O–H groups in total. The maximum atomic E-state index is 12.7. The molecule has 0 aliphatic rings. The average molecular weight is 495 g/mol. The number of methoxy groups -OCH3 is 1. The van der Waals surface area contributed by atoms with E-state index in [4.69, 9.17) is 30.2 Å². The van der Waals surface area contributed by atoms with Crippen molar-refractivity contribution in [1.82, 2.24) is 0 Å². The summed E-state index contributed by atoms with van der Waals surface area (Å²) in [4.78, 5) is 23.6. The van der Waals surface area contributed by atoms with Crippen LogP contribution in [-0.4, -0.2) is 17.9 Å². The zero-order valence-electron chi connectivity index (χ0n) is 18.4. The Morgan fingerprint density at radius 3 is 2.43 bits per heavy atom. The molecule has 0 aliphatic heterocycles. The van der Waals surface area contributed by atoms with Gasteiger partial charge in [0.1, 0.15) is 23.9 Å². The molecule has 0 unspecified atom stereocenters. The minimum Gasteiger partial charge on any atom is -0.493 e. The number of anilines is 1. The summed E-state index contributed by atoms with van der Waals surface area (Å²) in [6.45, 7) is 0.0602. The number of ether oxygens (including phenoxy) is 3. The van der Waals surface area contributed by atoms with Gasteiger partial charge in [0, 0.05) is 12.1 Å². The van der Waals surface area contributed by atoms with Gasteiger partial charge in [0.25, 0.3) is 11.6 Å². The average Bonchev–Trinajstić information content (AvgIpc) is 3.33. The van der Waals surface area contributed by atoms with E-state index < -0.39 is 10.8 Å². The number of nitrogens with zero attached hydrogens (tertiary/aromatic N) is 1. The minimum atomic E-state index is -0.599. The predicted molar refractivity (Wildman–Crippen MR) is 129 cm³/mol. The highest BCUT2D eigenvalue weighted by atomic mass is 35.5. The van der Waals surface area contributed by atoms with Gasteiger partial charge in [0.05, 0.1) is 28.8 Å². The summed E-state index contributed by atoms with van der Waals surface area (Å²) < 4.78 is 22.2. The van der Waals surface area contributed by atoms with Gasteiger partial charge in [-0.2, -0.15) is 0 Å². The summed E-state index contributed by atoms with van der Waals surface area (Å²) in [5.41, 5.74) is -0.111. The van der Waals surface area contributed by atoms with Crippen LogP contribution in [0.3, 0.4) is 0 Å². The lowest BCUT2D eigenvalue weighted by Gasteiger charge is -2.11. The number of furan rings is 1. The summed E-state index contributed by atoms with van der Waals surface area (Å²) >= 11 is 6.07. The Balaban J connectivity index is 1.49. The Hall–Kier alpha value is -4.50.